The summed E-state index contributed by atoms with van der Waals surface area (Å²) in [5.41, 5.74) is 2.09. The van der Waals surface area contributed by atoms with Crippen LogP contribution in [0.25, 0.3) is 0 Å². The number of hydrogen-bond donors (Lipinski definition) is 1. The van der Waals surface area contributed by atoms with Crippen molar-refractivity contribution in [2.24, 2.45) is 0 Å². The fourth-order valence-electron chi connectivity index (χ4n) is 1.81. The van der Waals surface area contributed by atoms with Crippen LogP contribution in [0, 0.1) is 5.82 Å². The lowest BCUT2D eigenvalue weighted by molar-refractivity contribution is 0.571. The SMILES string of the molecule is CCn1cc(C(C)NCc2ccc(F)c(Cl)c2)cn1. The summed E-state index contributed by atoms with van der Waals surface area (Å²) in [5, 5.41) is 7.77. The Morgan fingerprint density at radius 1 is 1.47 bits per heavy atom. The molecule has 0 saturated carbocycles. The van der Waals surface area contributed by atoms with Gasteiger partial charge < -0.3 is 5.32 Å². The largest absolute Gasteiger partial charge is 0.306 e. The molecule has 2 aromatic rings. The molecule has 0 amide bonds. The highest BCUT2D eigenvalue weighted by molar-refractivity contribution is 6.30. The second-order valence-electron chi connectivity index (χ2n) is 4.48. The molecule has 0 bridgehead atoms. The van der Waals surface area contributed by atoms with Gasteiger partial charge in [0.05, 0.1) is 11.2 Å². The predicted molar refractivity (Wildman–Crippen MR) is 74.6 cm³/mol. The zero-order valence-corrected chi connectivity index (χ0v) is 11.8. The lowest BCUT2D eigenvalue weighted by Crippen LogP contribution is -2.17. The van der Waals surface area contributed by atoms with Gasteiger partial charge in [-0.15, -0.1) is 0 Å². The average Bonchev–Trinajstić information content (AvgIpc) is 2.88. The summed E-state index contributed by atoms with van der Waals surface area (Å²) >= 11 is 5.75. The monoisotopic (exact) mass is 281 g/mol. The van der Waals surface area contributed by atoms with E-state index in [0.717, 1.165) is 17.7 Å². The second kappa shape index (κ2) is 6.17. The maximum Gasteiger partial charge on any atom is 0.141 e. The van der Waals surface area contributed by atoms with E-state index in [1.165, 1.54) is 6.07 Å². The molecule has 2 rings (SSSR count). The molecule has 0 radical (unpaired) electrons. The maximum absolute atomic E-state index is 13.0. The molecule has 1 aromatic heterocycles. The average molecular weight is 282 g/mol. The molecule has 1 N–H and O–H groups in total. The van der Waals surface area contributed by atoms with E-state index in [1.807, 2.05) is 17.1 Å². The maximum atomic E-state index is 13.0. The lowest BCUT2D eigenvalue weighted by Gasteiger charge is -2.12. The number of nitrogens with one attached hydrogen (secondary N) is 1. The van der Waals surface area contributed by atoms with E-state index in [1.54, 1.807) is 12.1 Å². The third-order valence-electron chi connectivity index (χ3n) is 3.07. The second-order valence-corrected chi connectivity index (χ2v) is 4.89. The van der Waals surface area contributed by atoms with Crippen LogP contribution in [0.15, 0.2) is 30.6 Å². The Hall–Kier alpha value is -1.39. The molecule has 1 heterocycles. The van der Waals surface area contributed by atoms with E-state index in [-0.39, 0.29) is 16.9 Å². The Labute approximate surface area is 117 Å². The quantitative estimate of drug-likeness (QED) is 0.908. The van der Waals surface area contributed by atoms with E-state index in [2.05, 4.69) is 24.3 Å². The van der Waals surface area contributed by atoms with Crippen molar-refractivity contribution in [2.45, 2.75) is 33.0 Å². The first-order valence-electron chi connectivity index (χ1n) is 6.29. The Bertz CT molecular complexity index is 553. The minimum absolute atomic E-state index is 0.158. The molecule has 1 unspecified atom stereocenters. The minimum Gasteiger partial charge on any atom is -0.306 e. The van der Waals surface area contributed by atoms with E-state index < -0.39 is 0 Å². The number of halogens is 2. The van der Waals surface area contributed by atoms with Crippen LogP contribution in [0.1, 0.15) is 31.0 Å². The van der Waals surface area contributed by atoms with Crippen molar-refractivity contribution in [3.63, 3.8) is 0 Å². The van der Waals surface area contributed by atoms with Crippen molar-refractivity contribution in [2.75, 3.05) is 0 Å². The van der Waals surface area contributed by atoms with Gasteiger partial charge in [0.1, 0.15) is 5.82 Å². The van der Waals surface area contributed by atoms with E-state index in [9.17, 15) is 4.39 Å². The molecule has 102 valence electrons. The van der Waals surface area contributed by atoms with Gasteiger partial charge in [-0.25, -0.2) is 4.39 Å². The Kier molecular flexibility index (Phi) is 4.56. The predicted octanol–water partition coefficient (Wildman–Crippen LogP) is 3.55. The molecule has 0 saturated heterocycles. The van der Waals surface area contributed by atoms with Crippen molar-refractivity contribution in [3.8, 4) is 0 Å². The van der Waals surface area contributed by atoms with Crippen molar-refractivity contribution >= 4 is 11.6 Å². The fourth-order valence-corrected chi connectivity index (χ4v) is 2.02. The first kappa shape index (κ1) is 14.0. The van der Waals surface area contributed by atoms with E-state index in [4.69, 9.17) is 11.6 Å². The summed E-state index contributed by atoms with van der Waals surface area (Å²) in [7, 11) is 0. The van der Waals surface area contributed by atoms with Gasteiger partial charge >= 0.3 is 0 Å². The van der Waals surface area contributed by atoms with E-state index >= 15 is 0 Å². The summed E-state index contributed by atoms with van der Waals surface area (Å²) < 4.78 is 14.9. The molecule has 1 atom stereocenters. The standard InChI is InChI=1S/C14H17ClFN3/c1-3-19-9-12(8-18-19)10(2)17-7-11-4-5-14(16)13(15)6-11/h4-6,8-10,17H,3,7H2,1-2H3. The number of nitrogens with zero attached hydrogens (tertiary/aromatic N) is 2. The van der Waals surface area contributed by atoms with Gasteiger partial charge in [0.15, 0.2) is 0 Å². The number of hydrogen-bond acceptors (Lipinski definition) is 2. The van der Waals surface area contributed by atoms with Crippen LogP contribution in [0.5, 0.6) is 0 Å². The van der Waals surface area contributed by atoms with Gasteiger partial charge in [-0.1, -0.05) is 17.7 Å². The molecule has 0 aliphatic carbocycles. The molecule has 1 aromatic carbocycles. The van der Waals surface area contributed by atoms with Crippen LogP contribution >= 0.6 is 11.6 Å². The van der Waals surface area contributed by atoms with Crippen molar-refractivity contribution in [3.05, 3.63) is 52.6 Å². The summed E-state index contributed by atoms with van der Waals surface area (Å²) in [6.07, 6.45) is 3.88. The van der Waals surface area contributed by atoms with Crippen LogP contribution in [-0.2, 0) is 13.1 Å². The highest BCUT2D eigenvalue weighted by Gasteiger charge is 2.08. The summed E-state index contributed by atoms with van der Waals surface area (Å²) in [6, 6.07) is 4.95. The third kappa shape index (κ3) is 3.55. The smallest absolute Gasteiger partial charge is 0.141 e. The van der Waals surface area contributed by atoms with Crippen LogP contribution in [0.3, 0.4) is 0 Å². The van der Waals surface area contributed by atoms with Gasteiger partial charge in [0.2, 0.25) is 0 Å². The third-order valence-corrected chi connectivity index (χ3v) is 3.36. The summed E-state index contributed by atoms with van der Waals surface area (Å²) in [5.74, 6) is -0.386. The lowest BCUT2D eigenvalue weighted by atomic mass is 10.1. The number of rotatable bonds is 5. The van der Waals surface area contributed by atoms with Crippen molar-refractivity contribution in [1.82, 2.24) is 15.1 Å². The summed E-state index contributed by atoms with van der Waals surface area (Å²) in [4.78, 5) is 0. The highest BCUT2D eigenvalue weighted by atomic mass is 35.5. The zero-order valence-electron chi connectivity index (χ0n) is 11.0. The van der Waals surface area contributed by atoms with Crippen LogP contribution < -0.4 is 5.32 Å². The molecule has 0 spiro atoms. The highest BCUT2D eigenvalue weighted by Crippen LogP contribution is 2.17. The number of benzene rings is 1. The molecule has 0 aliphatic heterocycles. The van der Waals surface area contributed by atoms with Gasteiger partial charge in [-0.2, -0.15) is 5.10 Å². The topological polar surface area (TPSA) is 29.9 Å². The fraction of sp³-hybridized carbons (Fsp3) is 0.357. The van der Waals surface area contributed by atoms with Crippen LogP contribution in [-0.4, -0.2) is 9.78 Å². The first-order valence-corrected chi connectivity index (χ1v) is 6.67. The minimum atomic E-state index is -0.386. The van der Waals surface area contributed by atoms with Gasteiger partial charge in [0, 0.05) is 30.9 Å². The molecular weight excluding hydrogens is 265 g/mol. The Morgan fingerprint density at radius 2 is 2.26 bits per heavy atom. The van der Waals surface area contributed by atoms with Gasteiger partial charge in [-0.05, 0) is 31.5 Å². The Balaban J connectivity index is 1.95. The normalized spacial score (nSPS) is 12.6. The molecule has 5 heteroatoms. The van der Waals surface area contributed by atoms with E-state index in [0.29, 0.717) is 6.54 Å². The van der Waals surface area contributed by atoms with Gasteiger partial charge in [0.25, 0.3) is 0 Å². The molecule has 0 fully saturated rings. The van der Waals surface area contributed by atoms with Crippen molar-refractivity contribution < 1.29 is 4.39 Å². The van der Waals surface area contributed by atoms with Crippen LogP contribution in [0.4, 0.5) is 4.39 Å². The molecular formula is C14H17ClFN3. The van der Waals surface area contributed by atoms with Crippen molar-refractivity contribution in [1.29, 1.82) is 0 Å². The zero-order chi connectivity index (χ0) is 13.8. The number of aryl methyl sites for hydroxylation is 1. The molecule has 3 nitrogen and oxygen atoms in total. The van der Waals surface area contributed by atoms with Gasteiger partial charge in [-0.3, -0.25) is 4.68 Å². The Morgan fingerprint density at radius 3 is 2.89 bits per heavy atom. The summed E-state index contributed by atoms with van der Waals surface area (Å²) in [6.45, 7) is 5.62. The number of aromatic nitrogens is 2. The molecule has 19 heavy (non-hydrogen) atoms. The van der Waals surface area contributed by atoms with Crippen LogP contribution in [0.2, 0.25) is 5.02 Å². The first-order chi connectivity index (χ1) is 9.10. The molecule has 0 aliphatic rings.